The van der Waals surface area contributed by atoms with E-state index in [1.54, 1.807) is 24.4 Å². The number of carboxylic acid groups (broad SMARTS) is 1. The van der Waals surface area contributed by atoms with Gasteiger partial charge in [-0.15, -0.1) is 0 Å². The number of aromatic carboxylic acids is 1. The molecule has 2 aromatic carbocycles. The predicted molar refractivity (Wildman–Crippen MR) is 76.4 cm³/mol. The fourth-order valence-corrected chi connectivity index (χ4v) is 2.15. The summed E-state index contributed by atoms with van der Waals surface area (Å²) in [5, 5.41) is 16.1. The van der Waals surface area contributed by atoms with Gasteiger partial charge < -0.3 is 5.11 Å². The molecule has 0 fully saturated rings. The lowest BCUT2D eigenvalue weighted by atomic mass is 10.0. The molecule has 4 nitrogen and oxygen atoms in total. The van der Waals surface area contributed by atoms with E-state index in [2.05, 4.69) is 10.2 Å². The van der Waals surface area contributed by atoms with Crippen LogP contribution in [-0.2, 0) is 0 Å². The van der Waals surface area contributed by atoms with Crippen LogP contribution in [0, 0.1) is 0 Å². The highest BCUT2D eigenvalue weighted by molar-refractivity contribution is 5.90. The molecular weight excluding hydrogens is 252 g/mol. The van der Waals surface area contributed by atoms with E-state index < -0.39 is 5.97 Å². The quantitative estimate of drug-likeness (QED) is 0.761. The molecule has 0 saturated carbocycles. The first-order chi connectivity index (χ1) is 9.75. The Morgan fingerprint density at radius 3 is 2.50 bits per heavy atom. The van der Waals surface area contributed by atoms with Crippen LogP contribution in [-0.4, -0.2) is 21.3 Å². The SMILES string of the molecule is O=C(O)c1cccc(-c2cn[nH]c2-c2ccccc2)c1. The second-order valence-electron chi connectivity index (χ2n) is 4.41. The summed E-state index contributed by atoms with van der Waals surface area (Å²) in [7, 11) is 0. The minimum absolute atomic E-state index is 0.266. The van der Waals surface area contributed by atoms with E-state index in [9.17, 15) is 4.79 Å². The lowest BCUT2D eigenvalue weighted by Crippen LogP contribution is -1.95. The topological polar surface area (TPSA) is 66.0 Å². The van der Waals surface area contributed by atoms with Crippen molar-refractivity contribution in [2.75, 3.05) is 0 Å². The molecule has 0 aliphatic carbocycles. The number of nitrogens with one attached hydrogen (secondary N) is 1. The third-order valence-corrected chi connectivity index (χ3v) is 3.12. The van der Waals surface area contributed by atoms with Crippen molar-refractivity contribution >= 4 is 5.97 Å². The summed E-state index contributed by atoms with van der Waals surface area (Å²) in [4.78, 5) is 11.1. The van der Waals surface area contributed by atoms with Crippen LogP contribution in [0.5, 0.6) is 0 Å². The first kappa shape index (κ1) is 12.2. The third-order valence-electron chi connectivity index (χ3n) is 3.12. The summed E-state index contributed by atoms with van der Waals surface area (Å²) in [6, 6.07) is 16.7. The van der Waals surface area contributed by atoms with Crippen molar-refractivity contribution in [3.05, 3.63) is 66.4 Å². The van der Waals surface area contributed by atoms with Gasteiger partial charge in [-0.1, -0.05) is 42.5 Å². The molecule has 2 N–H and O–H groups in total. The maximum atomic E-state index is 11.1. The Kier molecular flexibility index (Phi) is 3.05. The van der Waals surface area contributed by atoms with Crippen molar-refractivity contribution in [1.82, 2.24) is 10.2 Å². The van der Waals surface area contributed by atoms with Crippen LogP contribution in [0.15, 0.2) is 60.8 Å². The number of carboxylic acids is 1. The van der Waals surface area contributed by atoms with Gasteiger partial charge in [-0.3, -0.25) is 5.10 Å². The second-order valence-corrected chi connectivity index (χ2v) is 4.41. The lowest BCUT2D eigenvalue weighted by Gasteiger charge is -2.04. The first-order valence-electron chi connectivity index (χ1n) is 6.18. The summed E-state index contributed by atoms with van der Waals surface area (Å²) in [5.74, 6) is -0.934. The first-order valence-corrected chi connectivity index (χ1v) is 6.18. The van der Waals surface area contributed by atoms with Crippen LogP contribution in [0.3, 0.4) is 0 Å². The van der Waals surface area contributed by atoms with E-state index in [1.807, 2.05) is 36.4 Å². The normalized spacial score (nSPS) is 10.4. The molecule has 0 aliphatic rings. The summed E-state index contributed by atoms with van der Waals surface area (Å²) in [5.41, 5.74) is 3.88. The zero-order valence-corrected chi connectivity index (χ0v) is 10.6. The van der Waals surface area contributed by atoms with Gasteiger partial charge in [0.15, 0.2) is 0 Å². The van der Waals surface area contributed by atoms with Gasteiger partial charge in [0, 0.05) is 11.1 Å². The van der Waals surface area contributed by atoms with Gasteiger partial charge in [0.2, 0.25) is 0 Å². The molecule has 0 saturated heterocycles. The number of aromatic amines is 1. The van der Waals surface area contributed by atoms with E-state index >= 15 is 0 Å². The monoisotopic (exact) mass is 264 g/mol. The maximum absolute atomic E-state index is 11.1. The molecule has 1 aromatic heterocycles. The Balaban J connectivity index is 2.10. The molecule has 0 bridgehead atoms. The van der Waals surface area contributed by atoms with E-state index in [4.69, 9.17) is 5.11 Å². The Morgan fingerprint density at radius 2 is 1.75 bits per heavy atom. The zero-order valence-electron chi connectivity index (χ0n) is 10.6. The Morgan fingerprint density at radius 1 is 1.00 bits per heavy atom. The molecule has 0 unspecified atom stereocenters. The van der Waals surface area contributed by atoms with Gasteiger partial charge in [0.25, 0.3) is 0 Å². The van der Waals surface area contributed by atoms with E-state index in [0.29, 0.717) is 0 Å². The minimum Gasteiger partial charge on any atom is -0.478 e. The number of rotatable bonds is 3. The van der Waals surface area contributed by atoms with Crippen LogP contribution in [0.2, 0.25) is 0 Å². The molecule has 1 heterocycles. The zero-order chi connectivity index (χ0) is 13.9. The molecule has 0 spiro atoms. The number of aromatic nitrogens is 2. The standard InChI is InChI=1S/C16H12N2O2/c19-16(20)13-8-4-7-12(9-13)14-10-17-18-15(14)11-5-2-1-3-6-11/h1-10H,(H,17,18)(H,19,20). The van der Waals surface area contributed by atoms with Crippen molar-refractivity contribution in [2.24, 2.45) is 0 Å². The number of H-pyrrole nitrogens is 1. The Bertz CT molecular complexity index is 748. The van der Waals surface area contributed by atoms with E-state index in [1.165, 1.54) is 0 Å². The van der Waals surface area contributed by atoms with E-state index in [-0.39, 0.29) is 5.56 Å². The second kappa shape index (κ2) is 5.01. The van der Waals surface area contributed by atoms with E-state index in [0.717, 1.165) is 22.4 Å². The van der Waals surface area contributed by atoms with Crippen LogP contribution < -0.4 is 0 Å². The smallest absolute Gasteiger partial charge is 0.335 e. The van der Waals surface area contributed by atoms with Crippen molar-refractivity contribution in [3.8, 4) is 22.4 Å². The van der Waals surface area contributed by atoms with Crippen molar-refractivity contribution in [3.63, 3.8) is 0 Å². The number of hydrogen-bond acceptors (Lipinski definition) is 2. The summed E-state index contributed by atoms with van der Waals surface area (Å²) < 4.78 is 0. The molecule has 3 aromatic rings. The number of nitrogens with zero attached hydrogens (tertiary/aromatic N) is 1. The highest BCUT2D eigenvalue weighted by Gasteiger charge is 2.11. The van der Waals surface area contributed by atoms with Crippen LogP contribution in [0.4, 0.5) is 0 Å². The minimum atomic E-state index is -0.934. The van der Waals surface area contributed by atoms with Gasteiger partial charge >= 0.3 is 5.97 Å². The summed E-state index contributed by atoms with van der Waals surface area (Å²) in [6.07, 6.45) is 1.71. The molecule has 20 heavy (non-hydrogen) atoms. The summed E-state index contributed by atoms with van der Waals surface area (Å²) in [6.45, 7) is 0. The van der Waals surface area contributed by atoms with Crippen LogP contribution >= 0.6 is 0 Å². The number of carbonyl (C=O) groups is 1. The Labute approximate surface area is 115 Å². The molecule has 0 radical (unpaired) electrons. The van der Waals surface area contributed by atoms with Gasteiger partial charge in [-0.2, -0.15) is 5.10 Å². The number of benzene rings is 2. The molecule has 0 aliphatic heterocycles. The highest BCUT2D eigenvalue weighted by Crippen LogP contribution is 2.30. The maximum Gasteiger partial charge on any atom is 0.335 e. The fraction of sp³-hybridized carbons (Fsp3) is 0. The number of hydrogen-bond donors (Lipinski definition) is 2. The summed E-state index contributed by atoms with van der Waals surface area (Å²) >= 11 is 0. The molecule has 3 rings (SSSR count). The fourth-order valence-electron chi connectivity index (χ4n) is 2.15. The van der Waals surface area contributed by atoms with Crippen molar-refractivity contribution < 1.29 is 9.90 Å². The predicted octanol–water partition coefficient (Wildman–Crippen LogP) is 3.44. The van der Waals surface area contributed by atoms with Crippen molar-refractivity contribution in [2.45, 2.75) is 0 Å². The molecule has 0 atom stereocenters. The van der Waals surface area contributed by atoms with Gasteiger partial charge in [-0.25, -0.2) is 4.79 Å². The largest absolute Gasteiger partial charge is 0.478 e. The van der Waals surface area contributed by atoms with Gasteiger partial charge in [-0.05, 0) is 17.7 Å². The average molecular weight is 264 g/mol. The van der Waals surface area contributed by atoms with Gasteiger partial charge in [0.1, 0.15) is 0 Å². The van der Waals surface area contributed by atoms with Gasteiger partial charge in [0.05, 0.1) is 17.5 Å². The lowest BCUT2D eigenvalue weighted by molar-refractivity contribution is 0.0697. The Hall–Kier alpha value is -2.88. The van der Waals surface area contributed by atoms with Crippen molar-refractivity contribution in [1.29, 1.82) is 0 Å². The highest BCUT2D eigenvalue weighted by atomic mass is 16.4. The molecular formula is C16H12N2O2. The van der Waals surface area contributed by atoms with Crippen LogP contribution in [0.1, 0.15) is 10.4 Å². The third kappa shape index (κ3) is 2.19. The molecule has 0 amide bonds. The molecule has 4 heteroatoms. The van der Waals surface area contributed by atoms with Crippen LogP contribution in [0.25, 0.3) is 22.4 Å². The molecule has 98 valence electrons. The average Bonchev–Trinajstić information content (AvgIpc) is 2.98.